The first-order valence-electron chi connectivity index (χ1n) is 6.94. The fraction of sp³-hybridized carbons (Fsp3) is 0.500. The van der Waals surface area contributed by atoms with E-state index in [0.29, 0.717) is 18.8 Å². The maximum atomic E-state index is 12.2. The number of carbonyl (C=O) groups is 1. The Kier molecular flexibility index (Phi) is 5.24. The van der Waals surface area contributed by atoms with E-state index in [1.54, 1.807) is 18.2 Å². The van der Waals surface area contributed by atoms with E-state index >= 15 is 0 Å². The number of ether oxygens (including phenoxy) is 1. The molecule has 1 saturated heterocycles. The molecule has 0 saturated carbocycles. The number of nitrogens with one attached hydrogen (secondary N) is 2. The van der Waals surface area contributed by atoms with Crippen LogP contribution in [0.25, 0.3) is 0 Å². The summed E-state index contributed by atoms with van der Waals surface area (Å²) in [6.45, 7) is 3.77. The summed E-state index contributed by atoms with van der Waals surface area (Å²) in [7, 11) is 0. The molecule has 2 atom stereocenters. The smallest absolute Gasteiger partial charge is 0.274 e. The van der Waals surface area contributed by atoms with Crippen LogP contribution < -0.4 is 10.6 Å². The molecule has 114 valence electrons. The van der Waals surface area contributed by atoms with Gasteiger partial charge < -0.3 is 15.4 Å². The zero-order valence-corrected chi connectivity index (χ0v) is 11.9. The molecule has 1 amide bonds. The van der Waals surface area contributed by atoms with E-state index in [-0.39, 0.29) is 30.1 Å². The molecule has 2 unspecified atom stereocenters. The lowest BCUT2D eigenvalue weighted by Crippen LogP contribution is -2.43. The summed E-state index contributed by atoms with van der Waals surface area (Å²) in [4.78, 5) is 22.7. The van der Waals surface area contributed by atoms with Crippen molar-refractivity contribution in [2.24, 2.45) is 5.92 Å². The topological polar surface area (TPSA) is 93.5 Å². The number of likely N-dealkylation sites (N-methyl/N-ethyl adjacent to an activating group) is 1. The van der Waals surface area contributed by atoms with E-state index in [0.717, 1.165) is 6.54 Å². The number of carbonyl (C=O) groups excluding carboxylic acids is 1. The van der Waals surface area contributed by atoms with Crippen molar-refractivity contribution in [3.63, 3.8) is 0 Å². The second kappa shape index (κ2) is 7.14. The molecule has 7 heteroatoms. The Hall–Kier alpha value is -1.99. The second-order valence-corrected chi connectivity index (χ2v) is 4.91. The van der Waals surface area contributed by atoms with Gasteiger partial charge in [-0.15, -0.1) is 0 Å². The van der Waals surface area contributed by atoms with Crippen molar-refractivity contribution in [3.8, 4) is 0 Å². The van der Waals surface area contributed by atoms with Gasteiger partial charge in [-0.25, -0.2) is 0 Å². The Morgan fingerprint density at radius 3 is 2.90 bits per heavy atom. The first-order valence-corrected chi connectivity index (χ1v) is 6.94. The SMILES string of the molecule is CCNC1COCC1C(=O)NCc1ccccc1[N+](=O)[O-]. The van der Waals surface area contributed by atoms with E-state index < -0.39 is 4.92 Å². The highest BCUT2D eigenvalue weighted by Crippen LogP contribution is 2.18. The molecular weight excluding hydrogens is 274 g/mol. The highest BCUT2D eigenvalue weighted by atomic mass is 16.6. The number of hydrogen-bond acceptors (Lipinski definition) is 5. The molecule has 2 N–H and O–H groups in total. The van der Waals surface area contributed by atoms with Gasteiger partial charge in [0.25, 0.3) is 5.69 Å². The fourth-order valence-electron chi connectivity index (χ4n) is 2.43. The maximum Gasteiger partial charge on any atom is 0.274 e. The fourth-order valence-corrected chi connectivity index (χ4v) is 2.43. The molecule has 7 nitrogen and oxygen atoms in total. The average Bonchev–Trinajstić information content (AvgIpc) is 2.93. The summed E-state index contributed by atoms with van der Waals surface area (Å²) in [5, 5.41) is 16.9. The minimum Gasteiger partial charge on any atom is -0.379 e. The summed E-state index contributed by atoms with van der Waals surface area (Å²) in [5.41, 5.74) is 0.512. The van der Waals surface area contributed by atoms with Gasteiger partial charge in [-0.3, -0.25) is 14.9 Å². The van der Waals surface area contributed by atoms with Gasteiger partial charge in [-0.2, -0.15) is 0 Å². The quantitative estimate of drug-likeness (QED) is 0.598. The van der Waals surface area contributed by atoms with Crippen LogP contribution in [0, 0.1) is 16.0 Å². The van der Waals surface area contributed by atoms with Crippen LogP contribution in [0.1, 0.15) is 12.5 Å². The van der Waals surface area contributed by atoms with Crippen molar-refractivity contribution < 1.29 is 14.5 Å². The number of rotatable bonds is 6. The molecule has 1 aromatic carbocycles. The van der Waals surface area contributed by atoms with Gasteiger partial charge in [0.15, 0.2) is 0 Å². The molecule has 1 fully saturated rings. The van der Waals surface area contributed by atoms with Gasteiger partial charge in [0.05, 0.1) is 24.1 Å². The van der Waals surface area contributed by atoms with Gasteiger partial charge in [-0.05, 0) is 6.54 Å². The van der Waals surface area contributed by atoms with E-state index in [1.165, 1.54) is 6.07 Å². The second-order valence-electron chi connectivity index (χ2n) is 4.91. The largest absolute Gasteiger partial charge is 0.379 e. The number of benzene rings is 1. The van der Waals surface area contributed by atoms with Gasteiger partial charge in [-0.1, -0.05) is 25.1 Å². The Morgan fingerprint density at radius 1 is 1.43 bits per heavy atom. The van der Waals surface area contributed by atoms with Crippen LogP contribution >= 0.6 is 0 Å². The lowest BCUT2D eigenvalue weighted by molar-refractivity contribution is -0.385. The number of nitro groups is 1. The molecule has 1 aliphatic heterocycles. The Balaban J connectivity index is 1.97. The van der Waals surface area contributed by atoms with Crippen molar-refractivity contribution in [1.82, 2.24) is 10.6 Å². The zero-order valence-electron chi connectivity index (χ0n) is 11.9. The van der Waals surface area contributed by atoms with E-state index in [4.69, 9.17) is 4.74 Å². The van der Waals surface area contributed by atoms with Gasteiger partial charge in [0, 0.05) is 24.2 Å². The zero-order chi connectivity index (χ0) is 15.2. The van der Waals surface area contributed by atoms with Gasteiger partial charge >= 0.3 is 0 Å². The number of amides is 1. The maximum absolute atomic E-state index is 12.2. The molecule has 0 bridgehead atoms. The lowest BCUT2D eigenvalue weighted by Gasteiger charge is -2.17. The molecule has 0 aromatic heterocycles. The van der Waals surface area contributed by atoms with E-state index in [9.17, 15) is 14.9 Å². The normalized spacial score (nSPS) is 21.2. The van der Waals surface area contributed by atoms with Crippen LogP contribution in [0.2, 0.25) is 0 Å². The highest BCUT2D eigenvalue weighted by Gasteiger charge is 2.33. The van der Waals surface area contributed by atoms with Crippen LogP contribution in [0.4, 0.5) is 5.69 Å². The predicted molar refractivity (Wildman–Crippen MR) is 76.7 cm³/mol. The minimum absolute atomic E-state index is 0.000703. The average molecular weight is 293 g/mol. The molecule has 21 heavy (non-hydrogen) atoms. The molecule has 1 aromatic rings. The third-order valence-corrected chi connectivity index (χ3v) is 3.52. The third kappa shape index (κ3) is 3.77. The molecule has 2 rings (SSSR count). The van der Waals surface area contributed by atoms with Crippen LogP contribution in [0.15, 0.2) is 24.3 Å². The molecule has 1 aliphatic rings. The first-order chi connectivity index (χ1) is 10.1. The summed E-state index contributed by atoms with van der Waals surface area (Å²) in [6, 6.07) is 6.40. The summed E-state index contributed by atoms with van der Waals surface area (Å²) >= 11 is 0. The summed E-state index contributed by atoms with van der Waals surface area (Å²) in [6.07, 6.45) is 0. The van der Waals surface area contributed by atoms with Crippen molar-refractivity contribution in [2.75, 3.05) is 19.8 Å². The minimum atomic E-state index is -0.443. The highest BCUT2D eigenvalue weighted by molar-refractivity contribution is 5.80. The van der Waals surface area contributed by atoms with Crippen molar-refractivity contribution in [1.29, 1.82) is 0 Å². The first kappa shape index (κ1) is 15.4. The summed E-state index contributed by atoms with van der Waals surface area (Å²) in [5.74, 6) is -0.399. The molecular formula is C14H19N3O4. The Bertz CT molecular complexity index is 521. The summed E-state index contributed by atoms with van der Waals surface area (Å²) < 4.78 is 5.33. The molecule has 0 radical (unpaired) electrons. The van der Waals surface area contributed by atoms with Crippen LogP contribution in [0.3, 0.4) is 0 Å². The van der Waals surface area contributed by atoms with Gasteiger partial charge in [0.1, 0.15) is 0 Å². The van der Waals surface area contributed by atoms with Gasteiger partial charge in [0.2, 0.25) is 5.91 Å². The molecule has 0 spiro atoms. The van der Waals surface area contributed by atoms with Crippen molar-refractivity contribution in [3.05, 3.63) is 39.9 Å². The lowest BCUT2D eigenvalue weighted by atomic mass is 10.0. The third-order valence-electron chi connectivity index (χ3n) is 3.52. The van der Waals surface area contributed by atoms with Crippen molar-refractivity contribution >= 4 is 11.6 Å². The number of nitro benzene ring substituents is 1. The number of nitrogens with zero attached hydrogens (tertiary/aromatic N) is 1. The van der Waals surface area contributed by atoms with Crippen LogP contribution in [-0.2, 0) is 16.1 Å². The Labute approximate surface area is 122 Å². The molecule has 1 heterocycles. The standard InChI is InChI=1S/C14H19N3O4/c1-2-15-12-9-21-8-11(12)14(18)16-7-10-5-3-4-6-13(10)17(19)20/h3-6,11-12,15H,2,7-9H2,1H3,(H,16,18). The van der Waals surface area contributed by atoms with Crippen LogP contribution in [0.5, 0.6) is 0 Å². The monoisotopic (exact) mass is 293 g/mol. The van der Waals surface area contributed by atoms with E-state index in [1.807, 2.05) is 6.92 Å². The van der Waals surface area contributed by atoms with Crippen molar-refractivity contribution in [2.45, 2.75) is 19.5 Å². The number of para-hydroxylation sites is 1. The Morgan fingerprint density at radius 2 is 2.19 bits per heavy atom. The van der Waals surface area contributed by atoms with E-state index in [2.05, 4.69) is 10.6 Å². The van der Waals surface area contributed by atoms with Crippen LogP contribution in [-0.4, -0.2) is 36.6 Å². The molecule has 0 aliphatic carbocycles. The number of hydrogen-bond donors (Lipinski definition) is 2. The predicted octanol–water partition coefficient (Wildman–Crippen LogP) is 0.836.